The van der Waals surface area contributed by atoms with Gasteiger partial charge in [-0.25, -0.2) is 0 Å². The number of primary amides is 1. The molecule has 0 aromatic heterocycles. The molecule has 0 aliphatic carbocycles. The molecule has 2 amide bonds. The fraction of sp³-hybridized carbons (Fsp3) is 0.333. The van der Waals surface area contributed by atoms with Crippen molar-refractivity contribution in [2.75, 3.05) is 25.0 Å². The second-order valence-corrected chi connectivity index (χ2v) is 7.75. The van der Waals surface area contributed by atoms with Crippen molar-refractivity contribution in [2.45, 2.75) is 19.3 Å². The van der Waals surface area contributed by atoms with Crippen LogP contribution < -0.4 is 11.1 Å². The Bertz CT molecular complexity index is 941. The van der Waals surface area contributed by atoms with Gasteiger partial charge < -0.3 is 16.0 Å². The van der Waals surface area contributed by atoms with E-state index in [0.717, 1.165) is 50.5 Å². The molecule has 3 N–H and O–H groups in total. The van der Waals surface area contributed by atoms with Crippen LogP contribution >= 0.6 is 11.6 Å². The summed E-state index contributed by atoms with van der Waals surface area (Å²) in [7, 11) is 0. The van der Waals surface area contributed by atoms with Crippen LogP contribution in [0.3, 0.4) is 0 Å². The highest BCUT2D eigenvalue weighted by Crippen LogP contribution is 2.25. The minimum absolute atomic E-state index is 0.00813. The van der Waals surface area contributed by atoms with E-state index in [2.05, 4.69) is 10.2 Å². The Labute approximate surface area is 179 Å². The molecule has 2 aromatic carbocycles. The highest BCUT2D eigenvalue weighted by atomic mass is 35.5. The van der Waals surface area contributed by atoms with Crippen molar-refractivity contribution in [2.24, 2.45) is 11.7 Å². The van der Waals surface area contributed by atoms with Gasteiger partial charge in [0.2, 0.25) is 5.91 Å². The molecule has 1 saturated heterocycles. The molecule has 158 valence electrons. The highest BCUT2D eigenvalue weighted by Gasteiger charge is 2.22. The number of halogens is 1. The zero-order valence-corrected chi connectivity index (χ0v) is 17.1. The first-order valence-electron chi connectivity index (χ1n) is 9.69. The van der Waals surface area contributed by atoms with E-state index in [0.29, 0.717) is 5.69 Å². The molecule has 0 spiro atoms. The molecule has 1 aliphatic rings. The maximum absolute atomic E-state index is 12.4. The quantitative estimate of drug-likeness (QED) is 0.516. The van der Waals surface area contributed by atoms with Gasteiger partial charge in [0, 0.05) is 29.8 Å². The van der Waals surface area contributed by atoms with E-state index in [4.69, 9.17) is 17.3 Å². The molecule has 3 rings (SSSR count). The normalized spacial score (nSPS) is 15.0. The highest BCUT2D eigenvalue weighted by molar-refractivity contribution is 6.32. The van der Waals surface area contributed by atoms with E-state index in [1.807, 2.05) is 12.1 Å². The summed E-state index contributed by atoms with van der Waals surface area (Å²) in [6, 6.07) is 11.4. The third-order valence-electron chi connectivity index (χ3n) is 5.32. The van der Waals surface area contributed by atoms with Gasteiger partial charge in [0.25, 0.3) is 11.6 Å². The number of nitrogens with two attached hydrogens (primary N) is 1. The number of amides is 2. The molecule has 1 heterocycles. The predicted molar refractivity (Wildman–Crippen MR) is 115 cm³/mol. The molecule has 0 atom stereocenters. The average Bonchev–Trinajstić information content (AvgIpc) is 2.73. The number of carbonyl (C=O) groups is 2. The minimum atomic E-state index is -0.621. The van der Waals surface area contributed by atoms with E-state index >= 15 is 0 Å². The lowest BCUT2D eigenvalue weighted by atomic mass is 9.96. The number of likely N-dealkylation sites (tertiary alicyclic amines) is 1. The zero-order chi connectivity index (χ0) is 21.7. The standard InChI is InChI=1S/C21H23ClN4O4/c22-18-6-3-16(13-19(18)26(29)30)21(28)24-17-4-1-14(2-5-17)7-10-25-11-8-15(9-12-25)20(23)27/h1-6,13,15H,7-12H2,(H2,23,27)(H,24,28). The van der Waals surface area contributed by atoms with E-state index < -0.39 is 10.8 Å². The van der Waals surface area contributed by atoms with Crippen molar-refractivity contribution < 1.29 is 14.5 Å². The van der Waals surface area contributed by atoms with Gasteiger partial charge in [0.15, 0.2) is 0 Å². The number of nitrogens with one attached hydrogen (secondary N) is 1. The lowest BCUT2D eigenvalue weighted by Gasteiger charge is -2.30. The second-order valence-electron chi connectivity index (χ2n) is 7.34. The number of benzene rings is 2. The average molecular weight is 431 g/mol. The van der Waals surface area contributed by atoms with Gasteiger partial charge >= 0.3 is 0 Å². The number of rotatable bonds is 7. The van der Waals surface area contributed by atoms with Gasteiger partial charge in [-0.1, -0.05) is 23.7 Å². The third kappa shape index (κ3) is 5.55. The summed E-state index contributed by atoms with van der Waals surface area (Å²) in [5.74, 6) is -0.661. The van der Waals surface area contributed by atoms with Crippen molar-refractivity contribution in [3.63, 3.8) is 0 Å². The Morgan fingerprint density at radius 3 is 2.43 bits per heavy atom. The van der Waals surface area contributed by atoms with Crippen LogP contribution in [-0.2, 0) is 11.2 Å². The van der Waals surface area contributed by atoms with Crippen molar-refractivity contribution in [3.8, 4) is 0 Å². The van der Waals surface area contributed by atoms with Crippen LogP contribution in [0.15, 0.2) is 42.5 Å². The van der Waals surface area contributed by atoms with E-state index in [9.17, 15) is 19.7 Å². The van der Waals surface area contributed by atoms with Crippen molar-refractivity contribution in [1.82, 2.24) is 4.90 Å². The summed E-state index contributed by atoms with van der Waals surface area (Å²) >= 11 is 5.78. The molecule has 8 nitrogen and oxygen atoms in total. The van der Waals surface area contributed by atoms with Gasteiger partial charge in [-0.15, -0.1) is 0 Å². The van der Waals surface area contributed by atoms with Gasteiger partial charge in [0.1, 0.15) is 5.02 Å². The summed E-state index contributed by atoms with van der Waals surface area (Å²) < 4.78 is 0. The van der Waals surface area contributed by atoms with Crippen LogP contribution in [0, 0.1) is 16.0 Å². The van der Waals surface area contributed by atoms with Gasteiger partial charge in [-0.05, 0) is 62.2 Å². The van der Waals surface area contributed by atoms with Crippen molar-refractivity contribution in [1.29, 1.82) is 0 Å². The van der Waals surface area contributed by atoms with Crippen LogP contribution in [0.1, 0.15) is 28.8 Å². The first-order chi connectivity index (χ1) is 14.3. The molecule has 0 saturated carbocycles. The number of hydrogen-bond acceptors (Lipinski definition) is 5. The number of carbonyl (C=O) groups excluding carboxylic acids is 2. The first-order valence-corrected chi connectivity index (χ1v) is 10.1. The van der Waals surface area contributed by atoms with Gasteiger partial charge in [-0.3, -0.25) is 19.7 Å². The number of nitro benzene ring substituents is 1. The van der Waals surface area contributed by atoms with Crippen LogP contribution in [0.2, 0.25) is 5.02 Å². The van der Waals surface area contributed by atoms with Crippen molar-refractivity contribution in [3.05, 3.63) is 68.7 Å². The number of nitrogens with zero attached hydrogens (tertiary/aromatic N) is 2. The Morgan fingerprint density at radius 2 is 1.83 bits per heavy atom. The van der Waals surface area contributed by atoms with Crippen LogP contribution in [-0.4, -0.2) is 41.3 Å². The molecule has 9 heteroatoms. The van der Waals surface area contributed by atoms with Crippen molar-refractivity contribution >= 4 is 34.8 Å². The summed E-state index contributed by atoms with van der Waals surface area (Å²) in [6.07, 6.45) is 2.48. The molecule has 0 radical (unpaired) electrons. The Kier molecular flexibility index (Phi) is 7.02. The number of piperidine rings is 1. The summed E-state index contributed by atoms with van der Waals surface area (Å²) in [6.45, 7) is 2.63. The molecule has 0 unspecified atom stereocenters. The fourth-order valence-corrected chi connectivity index (χ4v) is 3.67. The summed E-state index contributed by atoms with van der Waals surface area (Å²) in [5.41, 5.74) is 6.96. The largest absolute Gasteiger partial charge is 0.369 e. The van der Waals surface area contributed by atoms with Crippen LogP contribution in [0.4, 0.5) is 11.4 Å². The lowest BCUT2D eigenvalue weighted by molar-refractivity contribution is -0.384. The Hall–Kier alpha value is -2.97. The third-order valence-corrected chi connectivity index (χ3v) is 5.64. The molecule has 1 aliphatic heterocycles. The Balaban J connectivity index is 1.52. The number of nitro groups is 1. The molecule has 2 aromatic rings. The summed E-state index contributed by atoms with van der Waals surface area (Å²) in [5, 5.41) is 13.7. The smallest absolute Gasteiger partial charge is 0.288 e. The van der Waals surface area contributed by atoms with Gasteiger partial charge in [0.05, 0.1) is 4.92 Å². The molecule has 0 bridgehead atoms. The van der Waals surface area contributed by atoms with Crippen LogP contribution in [0.25, 0.3) is 0 Å². The summed E-state index contributed by atoms with van der Waals surface area (Å²) in [4.78, 5) is 36.3. The number of anilines is 1. The molecular formula is C21H23ClN4O4. The number of hydrogen-bond donors (Lipinski definition) is 2. The Morgan fingerprint density at radius 1 is 1.17 bits per heavy atom. The molecular weight excluding hydrogens is 408 g/mol. The molecule has 1 fully saturated rings. The predicted octanol–water partition coefficient (Wildman–Crippen LogP) is 3.24. The second kappa shape index (κ2) is 9.69. The zero-order valence-electron chi connectivity index (χ0n) is 16.3. The topological polar surface area (TPSA) is 119 Å². The SMILES string of the molecule is NC(=O)C1CCN(CCc2ccc(NC(=O)c3ccc(Cl)c([N+](=O)[O-])c3)cc2)CC1. The maximum Gasteiger partial charge on any atom is 0.288 e. The van der Waals surface area contributed by atoms with E-state index in [1.165, 1.54) is 12.1 Å². The fourth-order valence-electron chi connectivity index (χ4n) is 3.48. The van der Waals surface area contributed by atoms with Gasteiger partial charge in [-0.2, -0.15) is 0 Å². The lowest BCUT2D eigenvalue weighted by Crippen LogP contribution is -2.39. The first kappa shape index (κ1) is 21.7. The van der Waals surface area contributed by atoms with Crippen LogP contribution in [0.5, 0.6) is 0 Å². The maximum atomic E-state index is 12.4. The molecule has 30 heavy (non-hydrogen) atoms. The van der Waals surface area contributed by atoms with E-state index in [1.54, 1.807) is 12.1 Å². The van der Waals surface area contributed by atoms with E-state index in [-0.39, 0.29) is 28.1 Å². The minimum Gasteiger partial charge on any atom is -0.369 e. The monoisotopic (exact) mass is 430 g/mol.